The zero-order valence-electron chi connectivity index (χ0n) is 17.7. The van der Waals surface area contributed by atoms with Gasteiger partial charge in [-0.15, -0.1) is 0 Å². The lowest BCUT2D eigenvalue weighted by Crippen LogP contribution is -2.44. The minimum Gasteiger partial charge on any atom is -0.364 e. The highest BCUT2D eigenvalue weighted by Crippen LogP contribution is 2.31. The van der Waals surface area contributed by atoms with E-state index in [1.807, 2.05) is 37.5 Å². The molecule has 2 N–H and O–H groups in total. The molecule has 0 spiro atoms. The minimum atomic E-state index is -0.237. The molecule has 2 aliphatic heterocycles. The van der Waals surface area contributed by atoms with Crippen LogP contribution >= 0.6 is 0 Å². The van der Waals surface area contributed by atoms with E-state index in [9.17, 15) is 4.39 Å². The Balaban J connectivity index is 1.32. The fourth-order valence-corrected chi connectivity index (χ4v) is 4.79. The predicted octanol–water partition coefficient (Wildman–Crippen LogP) is 3.65. The van der Waals surface area contributed by atoms with Crippen LogP contribution in [0.4, 0.5) is 16.2 Å². The molecule has 0 aliphatic carbocycles. The van der Waals surface area contributed by atoms with Crippen LogP contribution in [0.15, 0.2) is 61.1 Å². The molecule has 4 aromatic rings. The fourth-order valence-electron chi connectivity index (χ4n) is 4.79. The maximum absolute atomic E-state index is 13.2. The van der Waals surface area contributed by atoms with Gasteiger partial charge in [0, 0.05) is 61.4 Å². The molecule has 6 rings (SSSR count). The number of pyridine rings is 1. The first-order valence-electron chi connectivity index (χ1n) is 11.0. The van der Waals surface area contributed by atoms with Crippen LogP contribution in [0.1, 0.15) is 24.9 Å². The van der Waals surface area contributed by atoms with Crippen LogP contribution < -0.4 is 15.5 Å². The van der Waals surface area contributed by atoms with Crippen LogP contribution in [0.5, 0.6) is 0 Å². The van der Waals surface area contributed by atoms with Crippen LogP contribution in [0.25, 0.3) is 16.9 Å². The zero-order valence-corrected chi connectivity index (χ0v) is 17.7. The quantitative estimate of drug-likeness (QED) is 0.505. The van der Waals surface area contributed by atoms with E-state index in [4.69, 9.17) is 4.98 Å². The Morgan fingerprint density at radius 2 is 2.00 bits per heavy atom. The Kier molecular flexibility index (Phi) is 4.53. The summed E-state index contributed by atoms with van der Waals surface area (Å²) in [5.41, 5.74) is 3.72. The van der Waals surface area contributed by atoms with Crippen molar-refractivity contribution in [1.29, 1.82) is 0 Å². The van der Waals surface area contributed by atoms with Gasteiger partial charge in [-0.2, -0.15) is 0 Å². The van der Waals surface area contributed by atoms with Crippen molar-refractivity contribution in [2.45, 2.75) is 31.5 Å². The highest BCUT2D eigenvalue weighted by Gasteiger charge is 2.39. The van der Waals surface area contributed by atoms with Gasteiger partial charge in [0.25, 0.3) is 0 Å². The van der Waals surface area contributed by atoms with Crippen molar-refractivity contribution in [1.82, 2.24) is 24.7 Å². The smallest absolute Gasteiger partial charge is 0.212 e. The van der Waals surface area contributed by atoms with Gasteiger partial charge >= 0.3 is 0 Å². The van der Waals surface area contributed by atoms with E-state index in [0.717, 1.165) is 53.7 Å². The number of nitrogens with zero attached hydrogens (tertiary/aromatic N) is 5. The summed E-state index contributed by atoms with van der Waals surface area (Å²) in [6.45, 7) is 4.00. The van der Waals surface area contributed by atoms with Crippen molar-refractivity contribution in [3.63, 3.8) is 0 Å². The number of halogens is 1. The van der Waals surface area contributed by atoms with Crippen LogP contribution in [-0.2, 0) is 0 Å². The number of piperazine rings is 1. The average Bonchev–Trinajstić information content (AvgIpc) is 3.56. The van der Waals surface area contributed by atoms with E-state index in [1.165, 1.54) is 12.1 Å². The third-order valence-corrected chi connectivity index (χ3v) is 6.47. The van der Waals surface area contributed by atoms with E-state index in [0.29, 0.717) is 12.1 Å². The number of rotatable bonds is 5. The van der Waals surface area contributed by atoms with Crippen molar-refractivity contribution in [3.8, 4) is 11.3 Å². The second-order valence-electron chi connectivity index (χ2n) is 8.59. The molecule has 0 radical (unpaired) electrons. The molecular weight excluding hydrogens is 405 g/mol. The van der Waals surface area contributed by atoms with Gasteiger partial charge in [0.05, 0.1) is 5.69 Å². The molecule has 8 heteroatoms. The Morgan fingerprint density at radius 1 is 1.12 bits per heavy atom. The second kappa shape index (κ2) is 7.56. The van der Waals surface area contributed by atoms with Crippen molar-refractivity contribution in [2.24, 2.45) is 0 Å². The number of hydrogen-bond donors (Lipinski definition) is 2. The summed E-state index contributed by atoms with van der Waals surface area (Å²) in [5.74, 6) is 1.45. The Labute approximate surface area is 185 Å². The number of fused-ring (bicyclic) bond motifs is 3. The lowest BCUT2D eigenvalue weighted by molar-refractivity contribution is 0.570. The lowest BCUT2D eigenvalue weighted by atomic mass is 10.1. The van der Waals surface area contributed by atoms with Gasteiger partial charge in [-0.1, -0.05) is 12.1 Å². The summed E-state index contributed by atoms with van der Waals surface area (Å²) in [5, 5.41) is 6.97. The van der Waals surface area contributed by atoms with E-state index in [2.05, 4.69) is 29.9 Å². The Bertz CT molecular complexity index is 1270. The molecule has 7 nitrogen and oxygen atoms in total. The summed E-state index contributed by atoms with van der Waals surface area (Å²) in [6.07, 6.45) is 6.74. The fraction of sp³-hybridized carbons (Fsp3) is 0.292. The third-order valence-electron chi connectivity index (χ3n) is 6.47. The lowest BCUT2D eigenvalue weighted by Gasteiger charge is -2.29. The third kappa shape index (κ3) is 3.36. The number of nitrogens with one attached hydrogen (secondary N) is 2. The molecule has 5 heterocycles. The number of imidazole rings is 1. The van der Waals surface area contributed by atoms with Crippen LogP contribution in [-0.4, -0.2) is 44.5 Å². The van der Waals surface area contributed by atoms with Gasteiger partial charge in [0.2, 0.25) is 5.95 Å². The monoisotopic (exact) mass is 429 g/mol. The molecule has 162 valence electrons. The van der Waals surface area contributed by atoms with Gasteiger partial charge < -0.3 is 15.5 Å². The summed E-state index contributed by atoms with van der Waals surface area (Å²) in [7, 11) is 0. The van der Waals surface area contributed by atoms with E-state index in [-0.39, 0.29) is 11.9 Å². The van der Waals surface area contributed by atoms with Crippen molar-refractivity contribution >= 4 is 17.4 Å². The Hall–Kier alpha value is -3.52. The van der Waals surface area contributed by atoms with Crippen molar-refractivity contribution in [3.05, 3.63) is 72.4 Å². The van der Waals surface area contributed by atoms with E-state index in [1.54, 1.807) is 18.3 Å². The van der Waals surface area contributed by atoms with Crippen LogP contribution in [0.2, 0.25) is 0 Å². The van der Waals surface area contributed by atoms with E-state index >= 15 is 0 Å². The van der Waals surface area contributed by atoms with E-state index < -0.39 is 0 Å². The normalized spacial score (nSPS) is 20.8. The molecular formula is C24H24FN7. The summed E-state index contributed by atoms with van der Waals surface area (Å²) in [4.78, 5) is 16.5. The molecule has 2 saturated heterocycles. The molecule has 2 unspecified atom stereocenters. The molecule has 0 amide bonds. The van der Waals surface area contributed by atoms with Gasteiger partial charge in [-0.05, 0) is 43.2 Å². The molecule has 2 bridgehead atoms. The van der Waals surface area contributed by atoms with Crippen molar-refractivity contribution < 1.29 is 4.39 Å². The maximum Gasteiger partial charge on any atom is 0.212 e. The minimum absolute atomic E-state index is 0.00991. The first-order valence-corrected chi connectivity index (χ1v) is 11.0. The summed E-state index contributed by atoms with van der Waals surface area (Å²) >= 11 is 0. The molecule has 32 heavy (non-hydrogen) atoms. The summed E-state index contributed by atoms with van der Waals surface area (Å²) < 4.78 is 15.3. The number of anilines is 2. The molecule has 2 fully saturated rings. The first-order chi connectivity index (χ1) is 15.6. The second-order valence-corrected chi connectivity index (χ2v) is 8.59. The summed E-state index contributed by atoms with van der Waals surface area (Å²) in [6, 6.07) is 13.5. The average molecular weight is 430 g/mol. The van der Waals surface area contributed by atoms with Gasteiger partial charge in [0.15, 0.2) is 0 Å². The van der Waals surface area contributed by atoms with Gasteiger partial charge in [0.1, 0.15) is 17.3 Å². The first kappa shape index (κ1) is 19.2. The SMILES string of the molecule is C[C@H](Nc1cc(-c2cc3nccn3c(N3CC4CC3CN4)n2)ccn1)c1ccc(F)cc1. The van der Waals surface area contributed by atoms with Gasteiger partial charge in [-0.25, -0.2) is 19.3 Å². The number of benzene rings is 1. The molecule has 3 aromatic heterocycles. The zero-order chi connectivity index (χ0) is 21.7. The predicted molar refractivity (Wildman–Crippen MR) is 122 cm³/mol. The largest absolute Gasteiger partial charge is 0.364 e. The van der Waals surface area contributed by atoms with Crippen LogP contribution in [0.3, 0.4) is 0 Å². The Morgan fingerprint density at radius 3 is 2.78 bits per heavy atom. The topological polar surface area (TPSA) is 70.4 Å². The molecule has 1 aromatic carbocycles. The van der Waals surface area contributed by atoms with Crippen molar-refractivity contribution in [2.75, 3.05) is 23.3 Å². The number of hydrogen-bond acceptors (Lipinski definition) is 6. The highest BCUT2D eigenvalue weighted by molar-refractivity contribution is 5.68. The van der Waals surface area contributed by atoms with Crippen LogP contribution in [0, 0.1) is 5.82 Å². The highest BCUT2D eigenvalue weighted by atomic mass is 19.1. The molecule has 0 saturated carbocycles. The maximum atomic E-state index is 13.2. The number of aromatic nitrogens is 4. The molecule has 3 atom stereocenters. The molecule has 2 aliphatic rings. The standard InChI is InChI=1S/C24H24FN7/c1-15(16-2-4-18(25)5-3-16)29-22-10-17(6-7-26-22)21-12-23-27-8-9-31(23)24(30-21)32-14-19-11-20(32)13-28-19/h2-10,12,15,19-20,28H,11,13-14H2,1H3,(H,26,29)/t15-,19?,20?/m0/s1. The van der Waals surface area contributed by atoms with Gasteiger partial charge in [-0.3, -0.25) is 4.40 Å².